The highest BCUT2D eigenvalue weighted by Crippen LogP contribution is 2.45. The summed E-state index contributed by atoms with van der Waals surface area (Å²) in [6, 6.07) is 5.93. The fraction of sp³-hybridized carbons (Fsp3) is 0.500. The molecule has 14 heteroatoms. The van der Waals surface area contributed by atoms with E-state index in [0.717, 1.165) is 0 Å². The van der Waals surface area contributed by atoms with Crippen molar-refractivity contribution in [2.24, 2.45) is 5.41 Å². The molecule has 4 rings (SSSR count). The summed E-state index contributed by atoms with van der Waals surface area (Å²) in [5.74, 6) is -1.35. The van der Waals surface area contributed by atoms with Gasteiger partial charge in [-0.1, -0.05) is 28.1 Å². The summed E-state index contributed by atoms with van der Waals surface area (Å²) in [4.78, 5) is 35.3. The molecule has 2 aliphatic heterocycles. The van der Waals surface area contributed by atoms with Crippen molar-refractivity contribution in [2.45, 2.75) is 44.5 Å². The fourth-order valence-electron chi connectivity index (χ4n) is 4.98. The van der Waals surface area contributed by atoms with Crippen molar-refractivity contribution in [2.75, 3.05) is 36.9 Å². The summed E-state index contributed by atoms with van der Waals surface area (Å²) in [5, 5.41) is 9.64. The number of benzene rings is 1. The molecule has 2 saturated heterocycles. The summed E-state index contributed by atoms with van der Waals surface area (Å²) >= 11 is 3.21. The Morgan fingerprint density at radius 3 is 2.47 bits per heavy atom. The second-order valence-electron chi connectivity index (χ2n) is 9.39. The topological polar surface area (TPSA) is 131 Å². The number of piperidine rings is 1. The van der Waals surface area contributed by atoms with E-state index in [0.29, 0.717) is 36.2 Å². The van der Waals surface area contributed by atoms with E-state index in [1.54, 1.807) is 6.92 Å². The average molecular weight is 602 g/mol. The maximum atomic E-state index is 13.8. The van der Waals surface area contributed by atoms with Crippen LogP contribution in [0.1, 0.15) is 37.9 Å². The van der Waals surface area contributed by atoms with Crippen LogP contribution in [0.2, 0.25) is 0 Å². The molecule has 2 fully saturated rings. The Hall–Kier alpha value is -3.29. The zero-order chi connectivity index (χ0) is 27.7. The molecular formula is C24H27BrF3N5O5. The molecule has 1 aromatic heterocycles. The first-order valence-corrected chi connectivity index (χ1v) is 12.7. The van der Waals surface area contributed by atoms with Crippen LogP contribution in [0.25, 0.3) is 0 Å². The number of amides is 1. The molecule has 206 valence electrons. The van der Waals surface area contributed by atoms with Gasteiger partial charge in [0.2, 0.25) is 17.9 Å². The van der Waals surface area contributed by atoms with Gasteiger partial charge in [0.1, 0.15) is 11.9 Å². The normalized spacial score (nSPS) is 19.9. The second kappa shape index (κ2) is 10.8. The number of nitrogen functional groups attached to an aromatic ring is 1. The molecule has 38 heavy (non-hydrogen) atoms. The molecule has 1 amide bonds. The lowest BCUT2D eigenvalue weighted by molar-refractivity contribution is -0.198. The van der Waals surface area contributed by atoms with E-state index in [-0.39, 0.29) is 37.0 Å². The number of aromatic nitrogens is 2. The number of carboxylic acids is 1. The van der Waals surface area contributed by atoms with Gasteiger partial charge in [-0.2, -0.15) is 23.1 Å². The largest absolute Gasteiger partial charge is 0.480 e. The van der Waals surface area contributed by atoms with Gasteiger partial charge in [-0.15, -0.1) is 0 Å². The lowest BCUT2D eigenvalue weighted by Crippen LogP contribution is -2.43. The number of nitrogens with zero attached hydrogens (tertiary/aromatic N) is 4. The average Bonchev–Trinajstić information content (AvgIpc) is 3.22. The molecule has 1 aromatic carbocycles. The first-order valence-electron chi connectivity index (χ1n) is 12.0. The standard InChI is InChI=1S/C24H27BrF3N5O5/c1-2-37-22(36)33-13-23(12-16(33)20(34)35)7-9-32(10-8-23)17-11-18(31-21(29)30-17)38-19(24(26,27)28)14-3-5-15(25)6-4-14/h3-6,11,16,19H,2,7-10,12-13H2,1H3,(H,34,35)(H2,29,30,31)/t16?,19-/m1/s1. The van der Waals surface area contributed by atoms with Crippen molar-refractivity contribution >= 4 is 39.8 Å². The van der Waals surface area contributed by atoms with E-state index >= 15 is 0 Å². The van der Waals surface area contributed by atoms with Crippen molar-refractivity contribution in [3.63, 3.8) is 0 Å². The molecule has 2 atom stereocenters. The molecule has 0 saturated carbocycles. The fourth-order valence-corrected chi connectivity index (χ4v) is 5.25. The van der Waals surface area contributed by atoms with Crippen molar-refractivity contribution in [1.82, 2.24) is 14.9 Å². The first kappa shape index (κ1) is 27.7. The van der Waals surface area contributed by atoms with Gasteiger partial charge in [0, 0.05) is 35.7 Å². The molecule has 0 bridgehead atoms. The number of ether oxygens (including phenoxy) is 2. The first-order chi connectivity index (χ1) is 17.9. The third-order valence-electron chi connectivity index (χ3n) is 6.86. The molecule has 0 radical (unpaired) electrons. The van der Waals surface area contributed by atoms with Gasteiger partial charge in [-0.25, -0.2) is 9.59 Å². The third-order valence-corrected chi connectivity index (χ3v) is 7.39. The second-order valence-corrected chi connectivity index (χ2v) is 10.3. The van der Waals surface area contributed by atoms with Gasteiger partial charge >= 0.3 is 18.2 Å². The lowest BCUT2D eigenvalue weighted by Gasteiger charge is -2.39. The molecular weight excluding hydrogens is 575 g/mol. The van der Waals surface area contributed by atoms with Gasteiger partial charge in [0.15, 0.2) is 0 Å². The SMILES string of the molecule is CCOC(=O)N1CC2(CCN(c3cc(O[C@H](c4ccc(Br)cc4)C(F)(F)F)nc(N)n3)CC2)CC1C(=O)O. The van der Waals surface area contributed by atoms with E-state index in [2.05, 4.69) is 25.9 Å². The maximum absolute atomic E-state index is 13.8. The minimum absolute atomic E-state index is 0.0975. The smallest absolute Gasteiger partial charge is 0.429 e. The van der Waals surface area contributed by atoms with Gasteiger partial charge in [0.05, 0.1) is 6.61 Å². The van der Waals surface area contributed by atoms with Gasteiger partial charge in [0.25, 0.3) is 0 Å². The van der Waals surface area contributed by atoms with Crippen LogP contribution in [-0.2, 0) is 9.53 Å². The van der Waals surface area contributed by atoms with Crippen molar-refractivity contribution in [1.29, 1.82) is 0 Å². The molecule has 2 aliphatic rings. The van der Waals surface area contributed by atoms with Crippen molar-refractivity contribution in [3.8, 4) is 5.88 Å². The monoisotopic (exact) mass is 601 g/mol. The number of carboxylic acid groups (broad SMARTS) is 1. The number of likely N-dealkylation sites (tertiary alicyclic amines) is 1. The van der Waals surface area contributed by atoms with Crippen LogP contribution in [0.4, 0.5) is 29.7 Å². The number of hydrogen-bond donors (Lipinski definition) is 2. The van der Waals surface area contributed by atoms with Gasteiger partial charge < -0.3 is 25.2 Å². The molecule has 1 spiro atoms. The molecule has 3 heterocycles. The van der Waals surface area contributed by atoms with Crippen LogP contribution < -0.4 is 15.4 Å². The number of rotatable bonds is 6. The highest BCUT2D eigenvalue weighted by atomic mass is 79.9. The quantitative estimate of drug-likeness (QED) is 0.494. The van der Waals surface area contributed by atoms with Gasteiger partial charge in [-0.05, 0) is 43.7 Å². The van der Waals surface area contributed by atoms with E-state index in [1.807, 2.05) is 4.90 Å². The predicted octanol–water partition coefficient (Wildman–Crippen LogP) is 4.41. The van der Waals surface area contributed by atoms with Crippen LogP contribution in [0.5, 0.6) is 5.88 Å². The number of halogens is 4. The lowest BCUT2D eigenvalue weighted by atomic mass is 9.76. The Balaban J connectivity index is 1.49. The minimum atomic E-state index is -4.71. The van der Waals surface area contributed by atoms with Gasteiger partial charge in [-0.3, -0.25) is 4.90 Å². The molecule has 2 aromatic rings. The predicted molar refractivity (Wildman–Crippen MR) is 134 cm³/mol. The Bertz CT molecular complexity index is 1180. The number of alkyl halides is 3. The summed E-state index contributed by atoms with van der Waals surface area (Å²) in [5.41, 5.74) is 5.30. The Morgan fingerprint density at radius 2 is 1.89 bits per heavy atom. The van der Waals surface area contributed by atoms with Crippen LogP contribution in [0, 0.1) is 5.41 Å². The van der Waals surface area contributed by atoms with Crippen LogP contribution in [0.3, 0.4) is 0 Å². The number of aliphatic carboxylic acids is 1. The summed E-state index contributed by atoms with van der Waals surface area (Å²) in [7, 11) is 0. The summed E-state index contributed by atoms with van der Waals surface area (Å²) in [6.45, 7) is 2.89. The number of carbonyl (C=O) groups is 2. The Labute approximate surface area is 225 Å². The number of hydrogen-bond acceptors (Lipinski definition) is 8. The van der Waals surface area contributed by atoms with E-state index < -0.39 is 35.8 Å². The number of anilines is 2. The highest BCUT2D eigenvalue weighted by Gasteiger charge is 2.50. The molecule has 0 aliphatic carbocycles. The van der Waals surface area contributed by atoms with Crippen LogP contribution in [0.15, 0.2) is 34.8 Å². The number of nitrogens with two attached hydrogens (primary N) is 1. The Kier molecular flexibility index (Phi) is 7.90. The van der Waals surface area contributed by atoms with Crippen LogP contribution in [-0.4, -0.2) is 70.5 Å². The highest BCUT2D eigenvalue weighted by molar-refractivity contribution is 9.10. The summed E-state index contributed by atoms with van der Waals surface area (Å²) < 4.78 is 52.5. The maximum Gasteiger partial charge on any atom is 0.429 e. The third kappa shape index (κ3) is 6.05. The molecule has 3 N–H and O–H groups in total. The summed E-state index contributed by atoms with van der Waals surface area (Å²) in [6.07, 6.45) is -6.26. The molecule has 10 nitrogen and oxygen atoms in total. The van der Waals surface area contributed by atoms with E-state index in [4.69, 9.17) is 15.2 Å². The Morgan fingerprint density at radius 1 is 1.24 bits per heavy atom. The number of carbonyl (C=O) groups excluding carboxylic acids is 1. The van der Waals surface area contributed by atoms with E-state index in [1.165, 1.54) is 35.2 Å². The minimum Gasteiger partial charge on any atom is -0.480 e. The van der Waals surface area contributed by atoms with Crippen molar-refractivity contribution in [3.05, 3.63) is 40.4 Å². The zero-order valence-corrected chi connectivity index (χ0v) is 22.0. The molecule has 1 unspecified atom stereocenters. The van der Waals surface area contributed by atoms with E-state index in [9.17, 15) is 27.9 Å². The zero-order valence-electron chi connectivity index (χ0n) is 20.4. The van der Waals surface area contributed by atoms with Crippen LogP contribution >= 0.6 is 15.9 Å². The van der Waals surface area contributed by atoms with Crippen molar-refractivity contribution < 1.29 is 37.3 Å².